The fourth-order valence-electron chi connectivity index (χ4n) is 0.942. The Balaban J connectivity index is 3.45. The van der Waals surface area contributed by atoms with Crippen molar-refractivity contribution in [3.63, 3.8) is 0 Å². The zero-order valence-corrected chi connectivity index (χ0v) is 7.80. The molecule has 0 atom stereocenters. The Morgan fingerprint density at radius 1 is 1.42 bits per heavy atom. The quantitative estimate of drug-likeness (QED) is 0.628. The molecule has 0 aromatic carbocycles. The number of unbranched alkanes of at least 4 members (excludes halogenated alkanes) is 1. The van der Waals surface area contributed by atoms with Crippen LogP contribution in [0.25, 0.3) is 0 Å². The summed E-state index contributed by atoms with van der Waals surface area (Å²) in [6.45, 7) is 4.41. The maximum Gasteiger partial charge on any atom is 0.505 e. The van der Waals surface area contributed by atoms with Crippen LogP contribution in [0.3, 0.4) is 0 Å². The number of carboxylic acid groups (broad SMARTS) is 1. The van der Waals surface area contributed by atoms with Crippen LogP contribution in [-0.2, 0) is 4.74 Å². The Hall–Kier alpha value is -0.730. The number of carbonyl (C=O) groups is 1. The summed E-state index contributed by atoms with van der Waals surface area (Å²) in [5.41, 5.74) is 0. The fourth-order valence-corrected chi connectivity index (χ4v) is 0.942. The van der Waals surface area contributed by atoms with Crippen molar-refractivity contribution in [1.82, 2.24) is 0 Å². The van der Waals surface area contributed by atoms with Gasteiger partial charge in [-0.2, -0.15) is 0 Å². The first-order valence-electron chi connectivity index (χ1n) is 4.40. The molecule has 0 bridgehead atoms. The normalized spacial score (nSPS) is 10.2. The molecule has 0 rings (SSSR count). The molecule has 0 aliphatic carbocycles. The Morgan fingerprint density at radius 2 is 2.08 bits per heavy atom. The molecule has 0 saturated carbocycles. The molecule has 0 spiro atoms. The maximum atomic E-state index is 10.1. The average Bonchev–Trinajstić information content (AvgIpc) is 2.05. The average molecular weight is 173 g/mol. The molecule has 0 amide bonds. The third-order valence-corrected chi connectivity index (χ3v) is 1.78. The smallest absolute Gasteiger partial charge is 0.450 e. The van der Waals surface area contributed by atoms with E-state index in [4.69, 9.17) is 5.11 Å². The van der Waals surface area contributed by atoms with Crippen molar-refractivity contribution >= 4 is 6.16 Å². The highest BCUT2D eigenvalue weighted by Crippen LogP contribution is 2.14. The lowest BCUT2D eigenvalue weighted by atomic mass is 10.0. The van der Waals surface area contributed by atoms with E-state index in [9.17, 15) is 4.79 Å². The van der Waals surface area contributed by atoms with E-state index in [0.29, 0.717) is 0 Å². The lowest BCUT2D eigenvalue weighted by Crippen LogP contribution is -2.10. The summed E-state index contributed by atoms with van der Waals surface area (Å²) >= 11 is 0. The van der Waals surface area contributed by atoms with E-state index in [1.165, 1.54) is 5.92 Å². The van der Waals surface area contributed by atoms with Gasteiger partial charge in [0.05, 0.1) is 0 Å². The van der Waals surface area contributed by atoms with Crippen molar-refractivity contribution in [3.05, 3.63) is 5.92 Å². The summed E-state index contributed by atoms with van der Waals surface area (Å²) in [6.07, 6.45) is 2.97. The zero-order valence-electron chi connectivity index (χ0n) is 7.80. The van der Waals surface area contributed by atoms with Crippen LogP contribution in [0.4, 0.5) is 4.79 Å². The topological polar surface area (TPSA) is 46.5 Å². The van der Waals surface area contributed by atoms with Gasteiger partial charge in [-0.05, 0) is 12.8 Å². The summed E-state index contributed by atoms with van der Waals surface area (Å²) in [7, 11) is 0. The number of hydrogen-bond acceptors (Lipinski definition) is 2. The second-order valence-corrected chi connectivity index (χ2v) is 2.76. The van der Waals surface area contributed by atoms with Crippen LogP contribution in [0.15, 0.2) is 0 Å². The van der Waals surface area contributed by atoms with Gasteiger partial charge in [0.25, 0.3) is 0 Å². The van der Waals surface area contributed by atoms with Gasteiger partial charge < -0.3 is 9.84 Å². The SMILES string of the molecule is CCCC[C](CC)COC(=O)O. The number of hydrogen-bond donors (Lipinski definition) is 1. The third-order valence-electron chi connectivity index (χ3n) is 1.78. The van der Waals surface area contributed by atoms with Crippen LogP contribution in [0.1, 0.15) is 39.5 Å². The lowest BCUT2D eigenvalue weighted by molar-refractivity contribution is 0.0934. The summed E-state index contributed by atoms with van der Waals surface area (Å²) in [5.74, 6) is 1.18. The highest BCUT2D eigenvalue weighted by Gasteiger charge is 2.08. The summed E-state index contributed by atoms with van der Waals surface area (Å²) in [4.78, 5) is 10.1. The third kappa shape index (κ3) is 6.01. The van der Waals surface area contributed by atoms with E-state index in [1.807, 2.05) is 6.92 Å². The van der Waals surface area contributed by atoms with Crippen LogP contribution in [0.5, 0.6) is 0 Å². The van der Waals surface area contributed by atoms with Crippen LogP contribution >= 0.6 is 0 Å². The molecule has 71 valence electrons. The van der Waals surface area contributed by atoms with Gasteiger partial charge in [-0.3, -0.25) is 0 Å². The first-order valence-corrected chi connectivity index (χ1v) is 4.40. The molecule has 0 unspecified atom stereocenters. The standard InChI is InChI=1S/C9H17O3/c1-3-5-6-8(4-2)7-12-9(10)11/h3-7H2,1-2H3,(H,10,11). The van der Waals surface area contributed by atoms with Gasteiger partial charge in [-0.15, -0.1) is 0 Å². The molecule has 0 fully saturated rings. The zero-order chi connectivity index (χ0) is 9.40. The molecule has 0 aliphatic heterocycles. The first-order chi connectivity index (χ1) is 5.70. The van der Waals surface area contributed by atoms with E-state index in [2.05, 4.69) is 11.7 Å². The second-order valence-electron chi connectivity index (χ2n) is 2.76. The largest absolute Gasteiger partial charge is 0.505 e. The molecule has 0 heterocycles. The number of ether oxygens (including phenoxy) is 1. The van der Waals surface area contributed by atoms with Crippen molar-refractivity contribution in [3.8, 4) is 0 Å². The molecule has 0 aliphatic rings. The highest BCUT2D eigenvalue weighted by molar-refractivity contribution is 5.56. The Bertz CT molecular complexity index is 123. The van der Waals surface area contributed by atoms with Crippen LogP contribution in [0.2, 0.25) is 0 Å². The fraction of sp³-hybridized carbons (Fsp3) is 0.778. The summed E-state index contributed by atoms with van der Waals surface area (Å²) < 4.78 is 4.47. The molecule has 0 aromatic rings. The lowest BCUT2D eigenvalue weighted by Gasteiger charge is -2.11. The van der Waals surface area contributed by atoms with E-state index >= 15 is 0 Å². The molecule has 12 heavy (non-hydrogen) atoms. The Morgan fingerprint density at radius 3 is 2.50 bits per heavy atom. The van der Waals surface area contributed by atoms with Crippen molar-refractivity contribution in [2.45, 2.75) is 39.5 Å². The first kappa shape index (κ1) is 11.3. The molecule has 1 N–H and O–H groups in total. The van der Waals surface area contributed by atoms with Gasteiger partial charge in [0, 0.05) is 5.92 Å². The van der Waals surface area contributed by atoms with E-state index in [-0.39, 0.29) is 6.61 Å². The second kappa shape index (κ2) is 6.95. The minimum atomic E-state index is -1.18. The van der Waals surface area contributed by atoms with Crippen molar-refractivity contribution in [2.75, 3.05) is 6.61 Å². The highest BCUT2D eigenvalue weighted by atomic mass is 16.7. The Labute approximate surface area is 73.7 Å². The van der Waals surface area contributed by atoms with Crippen LogP contribution < -0.4 is 0 Å². The molecular weight excluding hydrogens is 156 g/mol. The predicted molar refractivity (Wildman–Crippen MR) is 47.0 cm³/mol. The van der Waals surface area contributed by atoms with Gasteiger partial charge in [0.15, 0.2) is 0 Å². The van der Waals surface area contributed by atoms with Crippen molar-refractivity contribution < 1.29 is 14.6 Å². The molecular formula is C9H17O3. The van der Waals surface area contributed by atoms with E-state index in [0.717, 1.165) is 25.7 Å². The molecule has 0 aromatic heterocycles. The minimum Gasteiger partial charge on any atom is -0.450 e. The molecule has 3 nitrogen and oxygen atoms in total. The summed E-state index contributed by atoms with van der Waals surface area (Å²) in [5, 5.41) is 8.25. The van der Waals surface area contributed by atoms with Gasteiger partial charge in [0.2, 0.25) is 0 Å². The van der Waals surface area contributed by atoms with Gasteiger partial charge in [-0.25, -0.2) is 4.79 Å². The molecule has 3 heteroatoms. The van der Waals surface area contributed by atoms with Crippen LogP contribution in [-0.4, -0.2) is 17.9 Å². The van der Waals surface area contributed by atoms with Crippen LogP contribution in [0, 0.1) is 5.92 Å². The van der Waals surface area contributed by atoms with E-state index < -0.39 is 6.16 Å². The summed E-state index contributed by atoms with van der Waals surface area (Å²) in [6, 6.07) is 0. The minimum absolute atomic E-state index is 0.270. The van der Waals surface area contributed by atoms with Crippen molar-refractivity contribution in [1.29, 1.82) is 0 Å². The van der Waals surface area contributed by atoms with E-state index in [1.54, 1.807) is 0 Å². The number of rotatable bonds is 6. The van der Waals surface area contributed by atoms with Gasteiger partial charge in [-0.1, -0.05) is 26.7 Å². The maximum absolute atomic E-state index is 10.1. The predicted octanol–water partition coefficient (Wildman–Crippen LogP) is 2.86. The molecule has 1 radical (unpaired) electrons. The van der Waals surface area contributed by atoms with Crippen molar-refractivity contribution in [2.24, 2.45) is 0 Å². The Kier molecular flexibility index (Phi) is 6.53. The van der Waals surface area contributed by atoms with Gasteiger partial charge >= 0.3 is 6.16 Å². The molecule has 0 saturated heterocycles. The monoisotopic (exact) mass is 173 g/mol. The van der Waals surface area contributed by atoms with Gasteiger partial charge in [0.1, 0.15) is 6.61 Å².